The van der Waals surface area contributed by atoms with Gasteiger partial charge in [0, 0.05) is 18.9 Å². The molecule has 6 rings (SSSR count). The van der Waals surface area contributed by atoms with Gasteiger partial charge < -0.3 is 25.0 Å². The van der Waals surface area contributed by atoms with Crippen molar-refractivity contribution in [2.75, 3.05) is 13.2 Å². The number of amides is 5. The Labute approximate surface area is 285 Å². The number of nitrogens with zero attached hydrogens (tertiary/aromatic N) is 2. The minimum Gasteiger partial charge on any atom is -0.449 e. The lowest BCUT2D eigenvalue weighted by Gasteiger charge is -2.30. The topological polar surface area (TPSA) is 181 Å². The standard InChI is InChI=1S/C32H36F3N5O9S/c1-2-20-13-31(20,28(43)38-50(46,47)22-9-10-22)37-26(41)25-12-21-16-40(25)27(42)24(14-32(33,34)35)36-29(44)48-11-4-3-6-18-7-5-8-19-15-39(17-23(18)19)30(45)49-21/h2-3,5-8,20-22,24-25H,1,4,9-17H2,(H,36,44)(H,37,41)(H,38,43)/t20-,21-,24+,25+,31-/m1/s1. The Hall–Kier alpha value is -4.61. The van der Waals surface area contributed by atoms with Crippen LogP contribution in [0.15, 0.2) is 36.9 Å². The van der Waals surface area contributed by atoms with E-state index in [0.717, 1.165) is 21.6 Å². The molecule has 1 aromatic rings. The average molecular weight is 724 g/mol. The molecule has 4 bridgehead atoms. The molecule has 5 atom stereocenters. The molecule has 18 heteroatoms. The van der Waals surface area contributed by atoms with Crippen LogP contribution in [0.25, 0.3) is 6.08 Å². The Morgan fingerprint density at radius 3 is 2.60 bits per heavy atom. The molecule has 270 valence electrons. The number of hydrogen-bond donors (Lipinski definition) is 3. The van der Waals surface area contributed by atoms with E-state index in [1.165, 1.54) is 11.0 Å². The van der Waals surface area contributed by atoms with E-state index in [9.17, 15) is 45.6 Å². The monoisotopic (exact) mass is 723 g/mol. The van der Waals surface area contributed by atoms with Crippen LogP contribution < -0.4 is 15.4 Å². The predicted octanol–water partition coefficient (Wildman–Crippen LogP) is 2.24. The average Bonchev–Trinajstić information content (AvgIpc) is 3.93. The van der Waals surface area contributed by atoms with Crippen molar-refractivity contribution in [3.63, 3.8) is 0 Å². The van der Waals surface area contributed by atoms with Gasteiger partial charge in [-0.3, -0.25) is 24.0 Å². The normalized spacial score (nSPS) is 28.5. The van der Waals surface area contributed by atoms with E-state index in [1.54, 1.807) is 12.2 Å². The largest absolute Gasteiger partial charge is 0.449 e. The molecule has 0 aromatic heterocycles. The molecule has 0 unspecified atom stereocenters. The van der Waals surface area contributed by atoms with Crippen molar-refractivity contribution in [2.24, 2.45) is 5.92 Å². The second kappa shape index (κ2) is 13.3. The quantitative estimate of drug-likeness (QED) is 0.356. The van der Waals surface area contributed by atoms with Gasteiger partial charge in [0.1, 0.15) is 23.7 Å². The second-order valence-electron chi connectivity index (χ2n) is 13.1. The Morgan fingerprint density at radius 1 is 1.16 bits per heavy atom. The van der Waals surface area contributed by atoms with Gasteiger partial charge in [-0.2, -0.15) is 13.2 Å². The number of sulfonamides is 1. The first kappa shape index (κ1) is 35.2. The summed E-state index contributed by atoms with van der Waals surface area (Å²) in [4.78, 5) is 69.1. The van der Waals surface area contributed by atoms with Crippen LogP contribution in [0.3, 0.4) is 0 Å². The van der Waals surface area contributed by atoms with Crippen molar-refractivity contribution in [1.82, 2.24) is 25.2 Å². The molecule has 0 spiro atoms. The third-order valence-electron chi connectivity index (χ3n) is 9.48. The number of nitrogens with one attached hydrogen (secondary N) is 3. The van der Waals surface area contributed by atoms with E-state index in [0.29, 0.717) is 12.8 Å². The van der Waals surface area contributed by atoms with Gasteiger partial charge in [-0.1, -0.05) is 36.4 Å². The lowest BCUT2D eigenvalue weighted by molar-refractivity contribution is -0.155. The predicted molar refractivity (Wildman–Crippen MR) is 168 cm³/mol. The number of hydrogen-bond acceptors (Lipinski definition) is 9. The van der Waals surface area contributed by atoms with Crippen LogP contribution in [0.4, 0.5) is 22.8 Å². The molecule has 2 saturated carbocycles. The van der Waals surface area contributed by atoms with Crippen LogP contribution >= 0.6 is 0 Å². The van der Waals surface area contributed by atoms with E-state index in [2.05, 4.69) is 11.9 Å². The zero-order valence-electron chi connectivity index (χ0n) is 26.7. The summed E-state index contributed by atoms with van der Waals surface area (Å²) in [6.07, 6.45) is -4.60. The number of fused-ring (bicyclic) bond motifs is 3. The number of alkyl halides is 3. The number of halogens is 3. The molecule has 14 nitrogen and oxygen atoms in total. The summed E-state index contributed by atoms with van der Waals surface area (Å²) in [5.41, 5.74) is 0.784. The number of ether oxygens (including phenoxy) is 2. The van der Waals surface area contributed by atoms with Crippen LogP contribution in [-0.4, -0.2) is 96.4 Å². The van der Waals surface area contributed by atoms with E-state index in [-0.39, 0.29) is 39.0 Å². The highest BCUT2D eigenvalue weighted by Crippen LogP contribution is 2.45. The third-order valence-corrected chi connectivity index (χ3v) is 11.3. The molecule has 3 heterocycles. The third kappa shape index (κ3) is 7.44. The van der Waals surface area contributed by atoms with Gasteiger partial charge in [0.2, 0.25) is 21.8 Å². The van der Waals surface area contributed by atoms with Crippen molar-refractivity contribution < 1.29 is 55.0 Å². The maximum atomic E-state index is 13.9. The van der Waals surface area contributed by atoms with Gasteiger partial charge >= 0.3 is 18.4 Å². The number of rotatable bonds is 7. The number of carbonyl (C=O) groups is 5. The van der Waals surface area contributed by atoms with E-state index in [4.69, 9.17) is 9.47 Å². The first-order valence-corrected chi connectivity index (χ1v) is 17.7. The van der Waals surface area contributed by atoms with Gasteiger partial charge in [-0.05, 0) is 42.4 Å². The number of carbonyl (C=O) groups excluding carboxylic acids is 5. The molecule has 5 amide bonds. The Bertz CT molecular complexity index is 1750. The lowest BCUT2D eigenvalue weighted by atomic mass is 10.0. The molecule has 1 saturated heterocycles. The molecule has 50 heavy (non-hydrogen) atoms. The van der Waals surface area contributed by atoms with Crippen molar-refractivity contribution in [3.05, 3.63) is 53.6 Å². The molecule has 3 aliphatic heterocycles. The van der Waals surface area contributed by atoms with Gasteiger partial charge in [-0.15, -0.1) is 6.58 Å². The first-order valence-electron chi connectivity index (χ1n) is 16.1. The molecular weight excluding hydrogens is 687 g/mol. The summed E-state index contributed by atoms with van der Waals surface area (Å²) in [5, 5.41) is 3.73. The van der Waals surface area contributed by atoms with Gasteiger partial charge in [0.15, 0.2) is 0 Å². The summed E-state index contributed by atoms with van der Waals surface area (Å²) >= 11 is 0. The highest BCUT2D eigenvalue weighted by atomic mass is 32.2. The summed E-state index contributed by atoms with van der Waals surface area (Å²) < 4.78 is 78.9. The maximum absolute atomic E-state index is 13.9. The Kier molecular flexibility index (Phi) is 9.34. The fourth-order valence-electron chi connectivity index (χ4n) is 6.59. The van der Waals surface area contributed by atoms with Crippen LogP contribution in [0, 0.1) is 5.92 Å². The summed E-state index contributed by atoms with van der Waals surface area (Å²) in [6.45, 7) is 3.29. The van der Waals surface area contributed by atoms with Crippen molar-refractivity contribution in [3.8, 4) is 0 Å². The van der Waals surface area contributed by atoms with Crippen molar-refractivity contribution in [2.45, 2.75) is 86.8 Å². The van der Waals surface area contributed by atoms with Crippen LogP contribution in [-0.2, 0) is 47.0 Å². The molecule has 0 radical (unpaired) electrons. The van der Waals surface area contributed by atoms with Crippen molar-refractivity contribution in [1.29, 1.82) is 0 Å². The van der Waals surface area contributed by atoms with E-state index >= 15 is 0 Å². The zero-order chi connectivity index (χ0) is 36.0. The summed E-state index contributed by atoms with van der Waals surface area (Å²) in [6, 6.07) is 1.72. The lowest BCUT2D eigenvalue weighted by Crippen LogP contribution is -2.58. The minimum absolute atomic E-state index is 0.0240. The van der Waals surface area contributed by atoms with Crippen LogP contribution in [0.2, 0.25) is 0 Å². The Balaban J connectivity index is 1.28. The molecule has 5 aliphatic rings. The van der Waals surface area contributed by atoms with Crippen molar-refractivity contribution >= 4 is 46.0 Å². The Morgan fingerprint density at radius 2 is 1.92 bits per heavy atom. The minimum atomic E-state index is -4.93. The van der Waals surface area contributed by atoms with Gasteiger partial charge in [0.25, 0.3) is 5.91 Å². The smallest absolute Gasteiger partial charge is 0.410 e. The van der Waals surface area contributed by atoms with E-state index in [1.807, 2.05) is 28.2 Å². The highest BCUT2D eigenvalue weighted by molar-refractivity contribution is 7.91. The number of benzene rings is 1. The summed E-state index contributed by atoms with van der Waals surface area (Å²) in [7, 11) is -4.01. The first-order chi connectivity index (χ1) is 23.6. The molecule has 3 fully saturated rings. The molecule has 2 aliphatic carbocycles. The maximum Gasteiger partial charge on any atom is 0.410 e. The number of alkyl carbamates (subject to hydrolysis) is 1. The fraction of sp³-hybridized carbons (Fsp3) is 0.531. The second-order valence-corrected chi connectivity index (χ2v) is 15.1. The van der Waals surface area contributed by atoms with Crippen LogP contribution in [0.1, 0.15) is 55.2 Å². The SMILES string of the molecule is C=C[C@@H]1C[C@]1(NC(=O)[C@@H]1C[C@@H]2CN1C(=O)[C@H](CC(F)(F)F)NC(=O)OCCC=Cc1cccc3c1CN(C3)C(=O)O2)C(=O)NS(=O)(=O)C1CC1. The van der Waals surface area contributed by atoms with Gasteiger partial charge in [-0.25, -0.2) is 18.0 Å². The highest BCUT2D eigenvalue weighted by Gasteiger charge is 2.62. The van der Waals surface area contributed by atoms with E-state index < -0.39 is 94.0 Å². The fourth-order valence-corrected chi connectivity index (χ4v) is 7.95. The number of cyclic esters (lactones) is 1. The molecule has 3 N–H and O–H groups in total. The summed E-state index contributed by atoms with van der Waals surface area (Å²) in [5.74, 6) is -4.00. The van der Waals surface area contributed by atoms with Gasteiger partial charge in [0.05, 0.1) is 31.4 Å². The zero-order valence-corrected chi connectivity index (χ0v) is 27.6. The van der Waals surface area contributed by atoms with Crippen LogP contribution in [0.5, 0.6) is 0 Å². The molecular formula is C32H36F3N5O9S. The molecule has 1 aromatic carbocycles.